The van der Waals surface area contributed by atoms with Gasteiger partial charge in [-0.3, -0.25) is 9.78 Å². The van der Waals surface area contributed by atoms with Crippen LogP contribution < -0.4 is 4.74 Å². The van der Waals surface area contributed by atoms with Crippen molar-refractivity contribution >= 4 is 5.91 Å². The van der Waals surface area contributed by atoms with E-state index < -0.39 is 6.10 Å². The first-order chi connectivity index (χ1) is 14.0. The lowest BCUT2D eigenvalue weighted by molar-refractivity contribution is 0.0481. The molecule has 29 heavy (non-hydrogen) atoms. The predicted molar refractivity (Wildman–Crippen MR) is 113 cm³/mol. The summed E-state index contributed by atoms with van der Waals surface area (Å²) in [5.74, 6) is 0.523. The summed E-state index contributed by atoms with van der Waals surface area (Å²) < 4.78 is 5.68. The number of aryl methyl sites for hydroxylation is 2. The van der Waals surface area contributed by atoms with Gasteiger partial charge in [0.2, 0.25) is 0 Å². The van der Waals surface area contributed by atoms with Gasteiger partial charge in [0.15, 0.2) is 0 Å². The Morgan fingerprint density at radius 3 is 2.52 bits per heavy atom. The second-order valence-corrected chi connectivity index (χ2v) is 7.13. The maximum Gasteiger partial charge on any atom is 0.255 e. The molecule has 0 radical (unpaired) electrons. The van der Waals surface area contributed by atoms with Gasteiger partial charge in [-0.2, -0.15) is 0 Å². The molecule has 1 N–H and O–H groups in total. The van der Waals surface area contributed by atoms with Gasteiger partial charge >= 0.3 is 0 Å². The summed E-state index contributed by atoms with van der Waals surface area (Å²) in [5.41, 5.74) is 3.77. The molecule has 1 aromatic heterocycles. The average molecular weight is 390 g/mol. The minimum Gasteiger partial charge on any atom is -0.491 e. The molecular formula is C24H26N2O3. The molecule has 0 spiro atoms. The van der Waals surface area contributed by atoms with Crippen LogP contribution in [0.3, 0.4) is 0 Å². The van der Waals surface area contributed by atoms with Crippen molar-refractivity contribution in [3.05, 3.63) is 95.3 Å². The summed E-state index contributed by atoms with van der Waals surface area (Å²) in [6, 6.07) is 19.0. The number of ether oxygens (including phenoxy) is 1. The van der Waals surface area contributed by atoms with E-state index in [1.165, 1.54) is 0 Å². The Hall–Kier alpha value is -3.18. The predicted octanol–water partition coefficient (Wildman–Crippen LogP) is 3.78. The summed E-state index contributed by atoms with van der Waals surface area (Å²) >= 11 is 0. The number of carbonyl (C=O) groups is 1. The van der Waals surface area contributed by atoms with Crippen LogP contribution in [0.15, 0.2) is 73.1 Å². The lowest BCUT2D eigenvalue weighted by atomic mass is 10.1. The van der Waals surface area contributed by atoms with Crippen molar-refractivity contribution in [2.45, 2.75) is 26.5 Å². The standard InChI is InChI=1S/C24H26N2O3/c1-18-9-11-23(12-10-18)29-17-22(27)16-26(15-21-7-4-3-6-19(21)2)24(28)20-8-5-13-25-14-20/h3-14,22,27H,15-17H2,1-2H3. The Morgan fingerprint density at radius 1 is 1.07 bits per heavy atom. The van der Waals surface area contributed by atoms with E-state index in [1.54, 1.807) is 29.4 Å². The highest BCUT2D eigenvalue weighted by molar-refractivity contribution is 5.93. The number of amides is 1. The van der Waals surface area contributed by atoms with E-state index >= 15 is 0 Å². The number of benzene rings is 2. The van der Waals surface area contributed by atoms with Gasteiger partial charge < -0.3 is 14.7 Å². The van der Waals surface area contributed by atoms with E-state index in [1.807, 2.05) is 62.4 Å². The maximum atomic E-state index is 13.0. The second-order valence-electron chi connectivity index (χ2n) is 7.13. The van der Waals surface area contributed by atoms with Crippen molar-refractivity contribution in [2.24, 2.45) is 0 Å². The molecule has 0 aliphatic rings. The molecule has 5 nitrogen and oxygen atoms in total. The fourth-order valence-corrected chi connectivity index (χ4v) is 3.02. The highest BCUT2D eigenvalue weighted by Crippen LogP contribution is 2.15. The summed E-state index contributed by atoms with van der Waals surface area (Å²) in [7, 11) is 0. The molecule has 3 aromatic rings. The lowest BCUT2D eigenvalue weighted by Crippen LogP contribution is -2.39. The highest BCUT2D eigenvalue weighted by Gasteiger charge is 2.21. The van der Waals surface area contributed by atoms with Crippen LogP contribution in [-0.2, 0) is 6.54 Å². The number of carbonyl (C=O) groups excluding carboxylic acids is 1. The maximum absolute atomic E-state index is 13.0. The van der Waals surface area contributed by atoms with Crippen molar-refractivity contribution in [3.8, 4) is 5.75 Å². The largest absolute Gasteiger partial charge is 0.491 e. The number of nitrogens with zero attached hydrogens (tertiary/aromatic N) is 2. The molecule has 1 atom stereocenters. The molecule has 0 fully saturated rings. The number of hydrogen-bond acceptors (Lipinski definition) is 4. The van der Waals surface area contributed by atoms with Gasteiger partial charge in [-0.15, -0.1) is 0 Å². The topological polar surface area (TPSA) is 62.7 Å². The van der Waals surface area contributed by atoms with Gasteiger partial charge in [-0.25, -0.2) is 0 Å². The van der Waals surface area contributed by atoms with Gasteiger partial charge in [0, 0.05) is 18.9 Å². The van der Waals surface area contributed by atoms with Crippen LogP contribution in [-0.4, -0.2) is 40.2 Å². The SMILES string of the molecule is Cc1ccc(OCC(O)CN(Cc2ccccc2C)C(=O)c2cccnc2)cc1. The smallest absolute Gasteiger partial charge is 0.255 e. The molecule has 0 saturated carbocycles. The molecule has 5 heteroatoms. The number of hydrogen-bond donors (Lipinski definition) is 1. The van der Waals surface area contributed by atoms with E-state index in [0.717, 1.165) is 16.7 Å². The second kappa shape index (κ2) is 9.85. The molecule has 150 valence electrons. The number of aliphatic hydroxyl groups is 1. The molecule has 1 unspecified atom stereocenters. The minimum atomic E-state index is -0.819. The first-order valence-electron chi connectivity index (χ1n) is 9.64. The minimum absolute atomic E-state index is 0.105. The molecule has 3 rings (SSSR count). The molecular weight excluding hydrogens is 364 g/mol. The van der Waals surface area contributed by atoms with Crippen molar-refractivity contribution in [3.63, 3.8) is 0 Å². The monoisotopic (exact) mass is 390 g/mol. The van der Waals surface area contributed by atoms with E-state index in [0.29, 0.717) is 17.9 Å². The summed E-state index contributed by atoms with van der Waals surface area (Å²) in [6.07, 6.45) is 2.36. The van der Waals surface area contributed by atoms with Gasteiger partial charge in [-0.05, 0) is 49.2 Å². The molecule has 0 aliphatic carbocycles. The fourth-order valence-electron chi connectivity index (χ4n) is 3.02. The van der Waals surface area contributed by atoms with Gasteiger partial charge in [0.1, 0.15) is 18.5 Å². The Morgan fingerprint density at radius 2 is 1.83 bits per heavy atom. The summed E-state index contributed by atoms with van der Waals surface area (Å²) in [4.78, 5) is 18.7. The summed E-state index contributed by atoms with van der Waals surface area (Å²) in [5, 5.41) is 10.5. The van der Waals surface area contributed by atoms with Crippen LogP contribution in [0.2, 0.25) is 0 Å². The molecule has 1 amide bonds. The number of pyridine rings is 1. The third-order valence-electron chi connectivity index (χ3n) is 4.71. The number of aliphatic hydroxyl groups excluding tert-OH is 1. The van der Waals surface area contributed by atoms with Crippen molar-refractivity contribution in [2.75, 3.05) is 13.2 Å². The third kappa shape index (κ3) is 5.90. The Labute approximate surface area is 171 Å². The van der Waals surface area contributed by atoms with Gasteiger partial charge in [-0.1, -0.05) is 42.0 Å². The van der Waals surface area contributed by atoms with E-state index in [9.17, 15) is 9.90 Å². The average Bonchev–Trinajstić information content (AvgIpc) is 2.74. The zero-order valence-electron chi connectivity index (χ0n) is 16.8. The third-order valence-corrected chi connectivity index (χ3v) is 4.71. The molecule has 0 saturated heterocycles. The Kier molecular flexibility index (Phi) is 6.98. The van der Waals surface area contributed by atoms with Crippen LogP contribution in [0.25, 0.3) is 0 Å². The molecule has 0 bridgehead atoms. The quantitative estimate of drug-likeness (QED) is 0.636. The Bertz CT molecular complexity index is 926. The zero-order chi connectivity index (χ0) is 20.6. The normalized spacial score (nSPS) is 11.7. The van der Waals surface area contributed by atoms with Gasteiger partial charge in [0.05, 0.1) is 12.1 Å². The van der Waals surface area contributed by atoms with Crippen LogP contribution in [0, 0.1) is 13.8 Å². The van der Waals surface area contributed by atoms with Crippen molar-refractivity contribution < 1.29 is 14.6 Å². The fraction of sp³-hybridized carbons (Fsp3) is 0.250. The van der Waals surface area contributed by atoms with Crippen LogP contribution in [0.1, 0.15) is 27.0 Å². The van der Waals surface area contributed by atoms with Crippen LogP contribution >= 0.6 is 0 Å². The molecule has 2 aromatic carbocycles. The van der Waals surface area contributed by atoms with Crippen LogP contribution in [0.4, 0.5) is 0 Å². The first-order valence-corrected chi connectivity index (χ1v) is 9.64. The van der Waals surface area contributed by atoms with E-state index in [-0.39, 0.29) is 19.1 Å². The number of rotatable bonds is 8. The zero-order valence-corrected chi connectivity index (χ0v) is 16.8. The van der Waals surface area contributed by atoms with Crippen molar-refractivity contribution in [1.29, 1.82) is 0 Å². The van der Waals surface area contributed by atoms with Gasteiger partial charge in [0.25, 0.3) is 5.91 Å². The van der Waals surface area contributed by atoms with Crippen molar-refractivity contribution in [1.82, 2.24) is 9.88 Å². The van der Waals surface area contributed by atoms with E-state index in [4.69, 9.17) is 4.74 Å². The molecule has 1 heterocycles. The highest BCUT2D eigenvalue weighted by atomic mass is 16.5. The molecule has 0 aliphatic heterocycles. The summed E-state index contributed by atoms with van der Waals surface area (Å²) in [6.45, 7) is 4.69. The van der Waals surface area contributed by atoms with Crippen LogP contribution in [0.5, 0.6) is 5.75 Å². The Balaban J connectivity index is 1.70. The van der Waals surface area contributed by atoms with E-state index in [2.05, 4.69) is 4.98 Å². The first kappa shape index (κ1) is 20.6. The lowest BCUT2D eigenvalue weighted by Gasteiger charge is -2.26. The number of aromatic nitrogens is 1.